The number of fused-ring (bicyclic) bond motifs is 2. The molecular weight excluding hydrogens is 316 g/mol. The predicted octanol–water partition coefficient (Wildman–Crippen LogP) is 1.85. The lowest BCUT2D eigenvalue weighted by Crippen LogP contribution is -2.59. The molecule has 1 aromatic carbocycles. The quantitative estimate of drug-likeness (QED) is 0.724. The van der Waals surface area contributed by atoms with Crippen molar-refractivity contribution in [3.05, 3.63) is 29.8 Å². The number of ether oxygens (including phenoxy) is 1. The summed E-state index contributed by atoms with van der Waals surface area (Å²) < 4.78 is 32.4. The molecule has 6 nitrogen and oxygen atoms in total. The first-order valence-electron chi connectivity index (χ1n) is 7.76. The standard InChI is InChI=1S/C16H22N2O4S/c1-16(2,3)22-15(19)17-8-9-18-13(11-17)10-12-6-4-5-7-14(12)23(18,20)21/h4-7,13H,8-11H2,1-3H3. The normalized spacial score (nSPS) is 23.8. The maximum atomic E-state index is 12.7. The van der Waals surface area contributed by atoms with Gasteiger partial charge in [0.1, 0.15) is 5.60 Å². The van der Waals surface area contributed by atoms with Crippen LogP contribution in [0.3, 0.4) is 0 Å². The lowest BCUT2D eigenvalue weighted by Gasteiger charge is -2.43. The van der Waals surface area contributed by atoms with Gasteiger partial charge in [-0.15, -0.1) is 0 Å². The van der Waals surface area contributed by atoms with Gasteiger partial charge in [0.15, 0.2) is 0 Å². The molecule has 1 saturated heterocycles. The Hall–Kier alpha value is -1.60. The van der Waals surface area contributed by atoms with Gasteiger partial charge >= 0.3 is 6.09 Å². The van der Waals surface area contributed by atoms with E-state index in [1.807, 2.05) is 32.9 Å². The molecule has 0 bridgehead atoms. The van der Waals surface area contributed by atoms with Gasteiger partial charge in [0.25, 0.3) is 0 Å². The van der Waals surface area contributed by atoms with E-state index in [1.165, 1.54) is 4.31 Å². The Morgan fingerprint density at radius 2 is 1.91 bits per heavy atom. The highest BCUT2D eigenvalue weighted by molar-refractivity contribution is 7.89. The van der Waals surface area contributed by atoms with Crippen molar-refractivity contribution in [1.29, 1.82) is 0 Å². The smallest absolute Gasteiger partial charge is 0.410 e. The van der Waals surface area contributed by atoms with E-state index in [4.69, 9.17) is 4.74 Å². The molecule has 0 spiro atoms. The van der Waals surface area contributed by atoms with Crippen molar-refractivity contribution in [2.45, 2.75) is 43.7 Å². The molecule has 2 heterocycles. The number of carbonyl (C=O) groups is 1. The topological polar surface area (TPSA) is 66.9 Å². The summed E-state index contributed by atoms with van der Waals surface area (Å²) in [7, 11) is -3.47. The molecule has 126 valence electrons. The highest BCUT2D eigenvalue weighted by Gasteiger charge is 2.42. The molecule has 3 rings (SSSR count). The number of benzene rings is 1. The van der Waals surface area contributed by atoms with Crippen LogP contribution in [-0.4, -0.2) is 55.0 Å². The molecule has 0 aromatic heterocycles. The number of amides is 1. The minimum absolute atomic E-state index is 0.226. The van der Waals surface area contributed by atoms with Crippen molar-refractivity contribution in [1.82, 2.24) is 9.21 Å². The fourth-order valence-electron chi connectivity index (χ4n) is 3.12. The molecule has 1 atom stereocenters. The Kier molecular flexibility index (Phi) is 3.88. The number of hydrogen-bond acceptors (Lipinski definition) is 4. The zero-order valence-electron chi connectivity index (χ0n) is 13.7. The van der Waals surface area contributed by atoms with E-state index < -0.39 is 15.6 Å². The second-order valence-electron chi connectivity index (χ2n) is 7.01. The molecule has 0 aliphatic carbocycles. The average Bonchev–Trinajstić information content (AvgIpc) is 2.45. The summed E-state index contributed by atoms with van der Waals surface area (Å²) in [6, 6.07) is 6.86. The van der Waals surface area contributed by atoms with Crippen LogP contribution in [-0.2, 0) is 21.2 Å². The molecule has 23 heavy (non-hydrogen) atoms. The van der Waals surface area contributed by atoms with Gasteiger partial charge in [0.2, 0.25) is 10.0 Å². The zero-order valence-corrected chi connectivity index (χ0v) is 14.5. The lowest BCUT2D eigenvalue weighted by molar-refractivity contribution is 0.0128. The summed E-state index contributed by atoms with van der Waals surface area (Å²) in [5, 5.41) is 0. The van der Waals surface area contributed by atoms with Gasteiger partial charge in [-0.25, -0.2) is 13.2 Å². The molecule has 2 aliphatic rings. The fourth-order valence-corrected chi connectivity index (χ4v) is 4.96. The summed E-state index contributed by atoms with van der Waals surface area (Å²) in [5.74, 6) is 0. The molecule has 0 radical (unpaired) electrons. The molecule has 1 unspecified atom stereocenters. The largest absolute Gasteiger partial charge is 0.444 e. The lowest BCUT2D eigenvalue weighted by atomic mass is 10.0. The summed E-state index contributed by atoms with van der Waals surface area (Å²) in [5.41, 5.74) is 0.263. The molecule has 0 saturated carbocycles. The van der Waals surface area contributed by atoms with E-state index in [0.29, 0.717) is 31.0 Å². The highest BCUT2D eigenvalue weighted by atomic mass is 32.2. The molecule has 1 amide bonds. The Morgan fingerprint density at radius 1 is 1.22 bits per heavy atom. The third kappa shape index (κ3) is 3.07. The van der Waals surface area contributed by atoms with Crippen LogP contribution in [0.2, 0.25) is 0 Å². The average molecular weight is 338 g/mol. The molecule has 0 N–H and O–H groups in total. The molecular formula is C16H22N2O4S. The molecule has 1 fully saturated rings. The van der Waals surface area contributed by atoms with Gasteiger partial charge < -0.3 is 9.64 Å². The number of piperazine rings is 1. The van der Waals surface area contributed by atoms with Crippen LogP contribution in [0.4, 0.5) is 4.79 Å². The number of hydrogen-bond donors (Lipinski definition) is 0. The van der Waals surface area contributed by atoms with Gasteiger partial charge in [0.05, 0.1) is 4.90 Å². The summed E-state index contributed by atoms with van der Waals surface area (Å²) in [4.78, 5) is 14.2. The Bertz CT molecular complexity index is 724. The van der Waals surface area contributed by atoms with Crippen LogP contribution in [0.15, 0.2) is 29.2 Å². The predicted molar refractivity (Wildman–Crippen MR) is 85.6 cm³/mol. The van der Waals surface area contributed by atoms with E-state index in [1.54, 1.807) is 17.0 Å². The molecule has 1 aromatic rings. The zero-order chi connectivity index (χ0) is 16.8. The monoisotopic (exact) mass is 338 g/mol. The number of sulfonamides is 1. The van der Waals surface area contributed by atoms with E-state index in [0.717, 1.165) is 5.56 Å². The Morgan fingerprint density at radius 3 is 2.61 bits per heavy atom. The minimum Gasteiger partial charge on any atom is -0.444 e. The first kappa shape index (κ1) is 16.3. The molecule has 2 aliphatic heterocycles. The second kappa shape index (κ2) is 5.49. The SMILES string of the molecule is CC(C)(C)OC(=O)N1CCN2C(Cc3ccccc3S2(=O)=O)C1. The Labute approximate surface area is 137 Å². The van der Waals surface area contributed by atoms with Crippen molar-refractivity contribution in [3.63, 3.8) is 0 Å². The van der Waals surface area contributed by atoms with E-state index >= 15 is 0 Å². The van der Waals surface area contributed by atoms with Crippen molar-refractivity contribution < 1.29 is 17.9 Å². The first-order chi connectivity index (χ1) is 10.7. The van der Waals surface area contributed by atoms with E-state index in [9.17, 15) is 13.2 Å². The number of nitrogens with zero attached hydrogens (tertiary/aromatic N) is 2. The maximum Gasteiger partial charge on any atom is 0.410 e. The van der Waals surface area contributed by atoms with Crippen LogP contribution < -0.4 is 0 Å². The van der Waals surface area contributed by atoms with Crippen LogP contribution in [0, 0.1) is 0 Å². The Balaban J connectivity index is 1.82. The van der Waals surface area contributed by atoms with E-state index in [2.05, 4.69) is 0 Å². The highest BCUT2D eigenvalue weighted by Crippen LogP contribution is 2.32. The van der Waals surface area contributed by atoms with Gasteiger partial charge in [-0.1, -0.05) is 18.2 Å². The third-order valence-corrected chi connectivity index (χ3v) is 6.15. The number of carbonyl (C=O) groups excluding carboxylic acids is 1. The summed E-state index contributed by atoms with van der Waals surface area (Å²) in [6.45, 7) is 6.49. The van der Waals surface area contributed by atoms with Crippen molar-refractivity contribution in [2.24, 2.45) is 0 Å². The van der Waals surface area contributed by atoms with Crippen LogP contribution in [0.25, 0.3) is 0 Å². The summed E-state index contributed by atoms with van der Waals surface area (Å²) in [6.07, 6.45) is 0.239. The van der Waals surface area contributed by atoms with Crippen LogP contribution in [0.1, 0.15) is 26.3 Å². The van der Waals surface area contributed by atoms with Crippen molar-refractivity contribution in [3.8, 4) is 0 Å². The van der Waals surface area contributed by atoms with Gasteiger partial charge in [-0.3, -0.25) is 0 Å². The van der Waals surface area contributed by atoms with Crippen molar-refractivity contribution in [2.75, 3.05) is 19.6 Å². The fraction of sp³-hybridized carbons (Fsp3) is 0.562. The van der Waals surface area contributed by atoms with Crippen molar-refractivity contribution >= 4 is 16.1 Å². The minimum atomic E-state index is -3.47. The summed E-state index contributed by atoms with van der Waals surface area (Å²) >= 11 is 0. The van der Waals surface area contributed by atoms with Crippen LogP contribution in [0.5, 0.6) is 0 Å². The first-order valence-corrected chi connectivity index (χ1v) is 9.20. The van der Waals surface area contributed by atoms with Crippen LogP contribution >= 0.6 is 0 Å². The maximum absolute atomic E-state index is 12.7. The van der Waals surface area contributed by atoms with Gasteiger partial charge in [0, 0.05) is 25.7 Å². The second-order valence-corrected chi connectivity index (χ2v) is 8.87. The third-order valence-electron chi connectivity index (χ3n) is 4.10. The molecule has 7 heteroatoms. The van der Waals surface area contributed by atoms with Gasteiger partial charge in [-0.05, 0) is 38.8 Å². The van der Waals surface area contributed by atoms with E-state index in [-0.39, 0.29) is 12.1 Å². The van der Waals surface area contributed by atoms with Gasteiger partial charge in [-0.2, -0.15) is 4.31 Å². The number of rotatable bonds is 0.